The van der Waals surface area contributed by atoms with E-state index < -0.39 is 13.9 Å². The first-order chi connectivity index (χ1) is 13.2. The molecule has 0 spiro atoms. The van der Waals surface area contributed by atoms with Crippen LogP contribution in [0.25, 0.3) is 0 Å². The molecule has 3 nitrogen and oxygen atoms in total. The van der Waals surface area contributed by atoms with Gasteiger partial charge in [-0.25, -0.2) is 0 Å². The van der Waals surface area contributed by atoms with Crippen molar-refractivity contribution >= 4 is 14.1 Å². The molecule has 166 valence electrons. The first-order valence-electron chi connectivity index (χ1n) is 12.2. The van der Waals surface area contributed by atoms with Crippen molar-refractivity contribution in [1.29, 1.82) is 0 Å². The number of Topliss-reactive ketones (excluding diaryl/α,β-unsaturated/α-hetero) is 1. The summed E-state index contributed by atoms with van der Waals surface area (Å²) in [5.74, 6) is 2.26. The van der Waals surface area contributed by atoms with E-state index in [0.29, 0.717) is 23.5 Å². The molecule has 4 fully saturated rings. The van der Waals surface area contributed by atoms with Crippen LogP contribution in [0, 0.1) is 28.6 Å². The van der Waals surface area contributed by atoms with Crippen LogP contribution in [0.1, 0.15) is 92.4 Å². The zero-order valence-corrected chi connectivity index (χ0v) is 20.9. The standard InChI is InChI=1S/C25H44O3Si/c1-22(2,3)29(6,7)28-17-10-14-24(5)20-12-13-23(4)19(8-9-21(23)26)18(20)11-15-25(24,27)16-17/h17-20,27H,8-16H2,1-7H3/t17?,18-,19-,20-,23-,24+,25-/m0/s1. The van der Waals surface area contributed by atoms with E-state index in [1.807, 2.05) is 0 Å². The molecule has 0 aromatic heterocycles. The minimum absolute atomic E-state index is 0.0177. The van der Waals surface area contributed by atoms with Crippen LogP contribution in [0.5, 0.6) is 0 Å². The maximum absolute atomic E-state index is 12.6. The van der Waals surface area contributed by atoms with Crippen LogP contribution in [-0.4, -0.2) is 30.9 Å². The summed E-state index contributed by atoms with van der Waals surface area (Å²) in [6, 6.07) is 0. The first kappa shape index (κ1) is 22.0. The molecule has 4 aliphatic rings. The largest absolute Gasteiger partial charge is 0.414 e. The van der Waals surface area contributed by atoms with E-state index in [-0.39, 0.29) is 22.0 Å². The number of carbonyl (C=O) groups excluding carboxylic acids is 1. The Hall–Kier alpha value is -0.193. The van der Waals surface area contributed by atoms with Crippen LogP contribution in [0.15, 0.2) is 0 Å². The topological polar surface area (TPSA) is 46.5 Å². The van der Waals surface area contributed by atoms with Crippen molar-refractivity contribution in [2.45, 2.75) is 122 Å². The van der Waals surface area contributed by atoms with Gasteiger partial charge in [0, 0.05) is 24.4 Å². The maximum Gasteiger partial charge on any atom is 0.192 e. The minimum Gasteiger partial charge on any atom is -0.414 e. The lowest BCUT2D eigenvalue weighted by Gasteiger charge is -2.64. The number of hydrogen-bond acceptors (Lipinski definition) is 3. The minimum atomic E-state index is -1.82. The summed E-state index contributed by atoms with van der Waals surface area (Å²) in [6.07, 6.45) is 9.17. The smallest absolute Gasteiger partial charge is 0.192 e. The molecule has 4 rings (SSSR count). The van der Waals surface area contributed by atoms with Gasteiger partial charge in [-0.15, -0.1) is 0 Å². The Morgan fingerprint density at radius 2 is 1.69 bits per heavy atom. The van der Waals surface area contributed by atoms with Gasteiger partial charge in [0.05, 0.1) is 5.60 Å². The highest BCUT2D eigenvalue weighted by Crippen LogP contribution is 2.66. The molecule has 1 N–H and O–H groups in total. The Kier molecular flexibility index (Phi) is 5.05. The summed E-state index contributed by atoms with van der Waals surface area (Å²) in [5.41, 5.74) is -0.693. The van der Waals surface area contributed by atoms with E-state index in [1.54, 1.807) is 0 Å². The van der Waals surface area contributed by atoms with Crippen LogP contribution >= 0.6 is 0 Å². The predicted octanol–water partition coefficient (Wildman–Crippen LogP) is 6.10. The van der Waals surface area contributed by atoms with E-state index in [4.69, 9.17) is 4.43 Å². The normalized spacial score (nSPS) is 48.1. The highest BCUT2D eigenvalue weighted by Gasteiger charge is 2.64. The van der Waals surface area contributed by atoms with Gasteiger partial charge in [-0.3, -0.25) is 4.79 Å². The third-order valence-corrected chi connectivity index (χ3v) is 15.3. The van der Waals surface area contributed by atoms with Crippen molar-refractivity contribution in [3.8, 4) is 0 Å². The second-order valence-electron chi connectivity index (χ2n) is 13.0. The molecule has 4 aliphatic carbocycles. The third-order valence-electron chi connectivity index (χ3n) is 10.7. The number of carbonyl (C=O) groups is 1. The molecule has 0 saturated heterocycles. The molecule has 4 heteroatoms. The van der Waals surface area contributed by atoms with Gasteiger partial charge >= 0.3 is 0 Å². The van der Waals surface area contributed by atoms with Crippen molar-refractivity contribution in [2.24, 2.45) is 28.6 Å². The van der Waals surface area contributed by atoms with Crippen molar-refractivity contribution in [2.75, 3.05) is 0 Å². The predicted molar refractivity (Wildman–Crippen MR) is 120 cm³/mol. The fourth-order valence-corrected chi connectivity index (χ4v) is 9.06. The van der Waals surface area contributed by atoms with Crippen LogP contribution in [0.3, 0.4) is 0 Å². The Morgan fingerprint density at radius 3 is 2.34 bits per heavy atom. The molecule has 0 aliphatic heterocycles. The van der Waals surface area contributed by atoms with Crippen molar-refractivity contribution < 1.29 is 14.3 Å². The average Bonchev–Trinajstić information content (AvgIpc) is 2.90. The van der Waals surface area contributed by atoms with Gasteiger partial charge in [-0.2, -0.15) is 0 Å². The maximum atomic E-state index is 12.6. The fourth-order valence-electron chi connectivity index (χ4n) is 7.68. The lowest BCUT2D eigenvalue weighted by Crippen LogP contribution is -2.63. The summed E-state index contributed by atoms with van der Waals surface area (Å²) in [5, 5.41) is 12.2. The Bertz CT molecular complexity index is 682. The molecule has 0 heterocycles. The SMILES string of the molecule is CC(C)(C)[Si](C)(C)OC1CC[C@]2(C)[C@H]3CC[C@]4(C)C(=O)CC[C@H]4[C@@H]3CC[C@]2(O)C1. The lowest BCUT2D eigenvalue weighted by atomic mass is 9.43. The number of aliphatic hydroxyl groups is 1. The Labute approximate surface area is 179 Å². The van der Waals surface area contributed by atoms with Gasteiger partial charge < -0.3 is 9.53 Å². The number of ketones is 1. The summed E-state index contributed by atoms with van der Waals surface area (Å²) >= 11 is 0. The monoisotopic (exact) mass is 420 g/mol. The molecule has 0 radical (unpaired) electrons. The molecule has 7 atom stereocenters. The number of rotatable bonds is 2. The van der Waals surface area contributed by atoms with E-state index in [1.165, 1.54) is 0 Å². The number of fused-ring (bicyclic) bond motifs is 5. The Morgan fingerprint density at radius 1 is 1.00 bits per heavy atom. The zero-order chi connectivity index (χ0) is 21.5. The number of hydrogen-bond donors (Lipinski definition) is 1. The van der Waals surface area contributed by atoms with E-state index in [0.717, 1.165) is 57.8 Å². The molecule has 0 aromatic carbocycles. The Balaban J connectivity index is 1.54. The molecule has 29 heavy (non-hydrogen) atoms. The highest BCUT2D eigenvalue weighted by molar-refractivity contribution is 6.74. The summed E-state index contributed by atoms with van der Waals surface area (Å²) in [4.78, 5) is 12.6. The van der Waals surface area contributed by atoms with Gasteiger partial charge in [0.2, 0.25) is 0 Å². The van der Waals surface area contributed by atoms with E-state index in [2.05, 4.69) is 47.7 Å². The van der Waals surface area contributed by atoms with E-state index in [9.17, 15) is 9.90 Å². The second kappa shape index (κ2) is 6.65. The van der Waals surface area contributed by atoms with Crippen molar-refractivity contribution in [3.05, 3.63) is 0 Å². The van der Waals surface area contributed by atoms with Crippen LogP contribution in [0.4, 0.5) is 0 Å². The summed E-state index contributed by atoms with van der Waals surface area (Å²) < 4.78 is 6.77. The lowest BCUT2D eigenvalue weighted by molar-refractivity contribution is -0.215. The quantitative estimate of drug-likeness (QED) is 0.549. The molecule has 0 aromatic rings. The molecular weight excluding hydrogens is 376 g/mol. The zero-order valence-electron chi connectivity index (χ0n) is 19.9. The van der Waals surface area contributed by atoms with E-state index >= 15 is 0 Å². The first-order valence-corrected chi connectivity index (χ1v) is 15.1. The molecule has 0 bridgehead atoms. The molecule has 1 unspecified atom stereocenters. The van der Waals surface area contributed by atoms with Gasteiger partial charge in [0.1, 0.15) is 5.78 Å². The van der Waals surface area contributed by atoms with Crippen molar-refractivity contribution in [1.82, 2.24) is 0 Å². The fraction of sp³-hybridized carbons (Fsp3) is 0.960. The van der Waals surface area contributed by atoms with Crippen LogP contribution in [0.2, 0.25) is 18.1 Å². The van der Waals surface area contributed by atoms with Gasteiger partial charge in [-0.1, -0.05) is 34.6 Å². The molecule has 4 saturated carbocycles. The average molecular weight is 421 g/mol. The second-order valence-corrected chi connectivity index (χ2v) is 17.8. The van der Waals surface area contributed by atoms with Gasteiger partial charge in [0.25, 0.3) is 0 Å². The van der Waals surface area contributed by atoms with Crippen LogP contribution in [-0.2, 0) is 9.22 Å². The third kappa shape index (κ3) is 3.14. The molecule has 0 amide bonds. The highest BCUT2D eigenvalue weighted by atomic mass is 28.4. The van der Waals surface area contributed by atoms with Gasteiger partial charge in [0.15, 0.2) is 8.32 Å². The van der Waals surface area contributed by atoms with Crippen molar-refractivity contribution in [3.63, 3.8) is 0 Å². The summed E-state index contributed by atoms with van der Waals surface area (Å²) in [6.45, 7) is 16.2. The molecular formula is C25H44O3Si. The van der Waals surface area contributed by atoms with Gasteiger partial charge in [-0.05, 0) is 86.2 Å². The van der Waals surface area contributed by atoms with Crippen LogP contribution < -0.4 is 0 Å². The summed E-state index contributed by atoms with van der Waals surface area (Å²) in [7, 11) is -1.82.